The Morgan fingerprint density at radius 1 is 0.527 bits per heavy atom. The summed E-state index contributed by atoms with van der Waals surface area (Å²) in [5.74, 6) is 1.65. The molecule has 6 aromatic heterocycles. The SMILES string of the molecule is CC1(C)OB(c2cc3c([nH]2)CCNC3=O)OC1(C)C.CCc1nc2cccc(-c3cc4c([nH]3)CCNC4=O)c2nc1NC(C)(C)C.CCc1nc2cccc(Br)c2nc1Cl.CCc1nc2cccc(Br)c2nc1NC(C)(C)C.Cc1nc2cccc(Br)c2nc1Cl. The summed E-state index contributed by atoms with van der Waals surface area (Å²) in [6.45, 7) is 30.2. The number of carbonyl (C=O) groups excluding carboxylic acids is 2. The van der Waals surface area contributed by atoms with E-state index in [4.69, 9.17) is 47.5 Å². The van der Waals surface area contributed by atoms with Crippen LogP contribution in [0.1, 0.15) is 145 Å². The van der Waals surface area contributed by atoms with Gasteiger partial charge in [-0.05, 0) is 198 Å². The number of nitrogens with one attached hydrogen (secondary N) is 6. The molecule has 6 N–H and O–H groups in total. The van der Waals surface area contributed by atoms with Gasteiger partial charge >= 0.3 is 7.12 Å². The fraction of sp³-hybridized carbons (Fsp3) is 0.373. The Morgan fingerprint density at radius 2 is 0.934 bits per heavy atom. The van der Waals surface area contributed by atoms with Crippen LogP contribution in [-0.2, 0) is 41.4 Å². The van der Waals surface area contributed by atoms with Gasteiger partial charge in [-0.25, -0.2) is 39.9 Å². The van der Waals surface area contributed by atoms with Crippen molar-refractivity contribution in [3.8, 4) is 11.3 Å². The number of amides is 2. The molecule has 1 fully saturated rings. The third-order valence-corrected chi connectivity index (χ3v) is 17.9. The van der Waals surface area contributed by atoms with Crippen LogP contribution in [0.2, 0.25) is 10.3 Å². The van der Waals surface area contributed by atoms with Crippen LogP contribution in [0.4, 0.5) is 11.6 Å². The summed E-state index contributed by atoms with van der Waals surface area (Å²) in [5.41, 5.74) is 15.6. The van der Waals surface area contributed by atoms with Gasteiger partial charge in [0.2, 0.25) is 0 Å². The van der Waals surface area contributed by atoms with Gasteiger partial charge in [0.1, 0.15) is 33.7 Å². The van der Waals surface area contributed by atoms with E-state index in [0.717, 1.165) is 158 Å². The molecule has 0 spiro atoms. The Hall–Kier alpha value is -6.66. The predicted molar refractivity (Wildman–Crippen MR) is 379 cm³/mol. The first-order valence-corrected chi connectivity index (χ1v) is 33.5. The van der Waals surface area contributed by atoms with E-state index in [0.29, 0.717) is 29.0 Å². The summed E-state index contributed by atoms with van der Waals surface area (Å²) in [7, 11) is -0.441. The van der Waals surface area contributed by atoms with Crippen LogP contribution >= 0.6 is 71.0 Å². The molecule has 0 bridgehead atoms. The van der Waals surface area contributed by atoms with Crippen LogP contribution in [0.25, 0.3) is 55.4 Å². The van der Waals surface area contributed by atoms with Gasteiger partial charge in [0.05, 0.1) is 67.2 Å². The fourth-order valence-electron chi connectivity index (χ4n) is 10.1. The normalized spacial score (nSPS) is 14.8. The molecule has 0 radical (unpaired) electrons. The highest BCUT2D eigenvalue weighted by molar-refractivity contribution is 9.11. The van der Waals surface area contributed by atoms with Crippen molar-refractivity contribution < 1.29 is 18.9 Å². The zero-order valence-electron chi connectivity index (χ0n) is 53.7. The van der Waals surface area contributed by atoms with Crippen molar-refractivity contribution in [2.75, 3.05) is 23.7 Å². The van der Waals surface area contributed by atoms with Gasteiger partial charge in [-0.1, -0.05) is 74.3 Å². The van der Waals surface area contributed by atoms with Gasteiger partial charge in [-0.15, -0.1) is 0 Å². The Kier molecular flexibility index (Phi) is 21.4. The topological polar surface area (TPSA) is 235 Å². The van der Waals surface area contributed by atoms with E-state index in [1.807, 2.05) is 126 Å². The molecule has 9 heterocycles. The van der Waals surface area contributed by atoms with Crippen molar-refractivity contribution in [2.24, 2.45) is 0 Å². The maximum atomic E-state index is 12.1. The average molecular weight is 1460 g/mol. The second-order valence-electron chi connectivity index (χ2n) is 25.2. The molecular weight excluding hydrogens is 1390 g/mol. The number of aromatic nitrogens is 10. The number of para-hydroxylation sites is 4. The average Bonchev–Trinajstić information content (AvgIpc) is 1.79. The second-order valence-corrected chi connectivity index (χ2v) is 28.5. The molecule has 476 valence electrons. The van der Waals surface area contributed by atoms with Crippen LogP contribution in [0.5, 0.6) is 0 Å². The van der Waals surface area contributed by atoms with Crippen molar-refractivity contribution in [1.82, 2.24) is 60.5 Å². The van der Waals surface area contributed by atoms with Crippen molar-refractivity contribution in [2.45, 2.75) is 151 Å². The number of hydrogen-bond donors (Lipinski definition) is 6. The Labute approximate surface area is 566 Å². The van der Waals surface area contributed by atoms with Crippen LogP contribution in [-0.4, -0.2) is 104 Å². The standard InChI is InChI=1S/C21H25N5O.C14H18BrN3.C13H19BN2O3.C10H8BrClN2.C9H6BrClN2/c1-5-14-19(26-21(2,3)4)25-18-12(7-6-8-16(18)23-14)17-11-13-15(24-17)9-10-22-20(13)27;1-5-10-13(18-14(2,3)4)17-12-9(15)7-6-8-11(12)16-10;1-12(2)13(3,4)19-14(18-12)10-7-8-9(16-10)5-6-15-11(8)17;1-2-7-10(12)14-9-6(11)4-3-5-8(9)13-7;1-5-9(11)13-8-6(10)3-2-4-7(8)12-5/h6-8,11,24H,5,9-10H2,1-4H3,(H,22,27)(H,25,26);6-8H,5H2,1-4H3,(H,17,18);7,16H,5-6H2,1-4H3,(H,15,17);3-5H,2H2,1H3;2-4H,1H3. The van der Waals surface area contributed by atoms with Crippen molar-refractivity contribution in [3.63, 3.8) is 0 Å². The molecule has 0 unspecified atom stereocenters. The number of anilines is 2. The molecule has 0 atom stereocenters. The van der Waals surface area contributed by atoms with Gasteiger partial charge < -0.3 is 40.5 Å². The number of rotatable bonds is 7. The molecule has 13 rings (SSSR count). The van der Waals surface area contributed by atoms with Gasteiger partial charge in [0.15, 0.2) is 10.3 Å². The lowest BCUT2D eigenvalue weighted by molar-refractivity contribution is 0.00578. The van der Waals surface area contributed by atoms with Gasteiger partial charge in [-0.2, -0.15) is 0 Å². The van der Waals surface area contributed by atoms with Crippen LogP contribution in [0, 0.1) is 6.92 Å². The van der Waals surface area contributed by atoms with Crippen LogP contribution in [0.15, 0.2) is 98.3 Å². The number of halogens is 5. The maximum absolute atomic E-state index is 12.1. The number of aryl methyl sites for hydroxylation is 4. The number of carbonyl (C=O) groups is 2. The zero-order chi connectivity index (χ0) is 65.9. The highest BCUT2D eigenvalue weighted by atomic mass is 79.9. The first-order valence-electron chi connectivity index (χ1n) is 30.3. The molecule has 4 aromatic carbocycles. The van der Waals surface area contributed by atoms with Gasteiger partial charge in [0, 0.05) is 78.7 Å². The lowest BCUT2D eigenvalue weighted by Gasteiger charge is -2.32. The van der Waals surface area contributed by atoms with E-state index >= 15 is 0 Å². The van der Waals surface area contributed by atoms with Crippen LogP contribution in [0.3, 0.4) is 0 Å². The Morgan fingerprint density at radius 3 is 1.40 bits per heavy atom. The van der Waals surface area contributed by atoms with E-state index in [9.17, 15) is 9.59 Å². The van der Waals surface area contributed by atoms with Gasteiger partial charge in [-0.3, -0.25) is 9.59 Å². The summed E-state index contributed by atoms with van der Waals surface area (Å²) in [6, 6.07) is 27.3. The molecule has 18 nitrogen and oxygen atoms in total. The van der Waals surface area contributed by atoms with Gasteiger partial charge in [0.25, 0.3) is 11.8 Å². The molecule has 91 heavy (non-hydrogen) atoms. The van der Waals surface area contributed by atoms with E-state index in [-0.39, 0.29) is 34.1 Å². The Balaban J connectivity index is 0.000000138. The zero-order valence-corrected chi connectivity index (χ0v) is 60.0. The predicted octanol–water partition coefficient (Wildman–Crippen LogP) is 15.4. The minimum absolute atomic E-state index is 0.0200. The number of H-pyrrole nitrogens is 2. The van der Waals surface area contributed by atoms with E-state index < -0.39 is 7.12 Å². The minimum Gasteiger partial charge on any atom is -0.398 e. The first-order chi connectivity index (χ1) is 43.0. The van der Waals surface area contributed by atoms with E-state index in [1.165, 1.54) is 0 Å². The maximum Gasteiger partial charge on any atom is 0.512 e. The molecule has 10 aromatic rings. The first kappa shape index (κ1) is 68.7. The summed E-state index contributed by atoms with van der Waals surface area (Å²) in [4.78, 5) is 67.0. The largest absolute Gasteiger partial charge is 0.512 e. The summed E-state index contributed by atoms with van der Waals surface area (Å²) >= 11 is 22.2. The summed E-state index contributed by atoms with van der Waals surface area (Å²) in [6.07, 6.45) is 4.11. The monoisotopic (exact) mass is 1460 g/mol. The molecule has 1 saturated heterocycles. The highest BCUT2D eigenvalue weighted by Crippen LogP contribution is 2.37. The van der Waals surface area contributed by atoms with Crippen molar-refractivity contribution >= 4 is 151 Å². The lowest BCUT2D eigenvalue weighted by Crippen LogP contribution is -2.41. The molecule has 0 aliphatic carbocycles. The molecule has 24 heteroatoms. The molecule has 0 saturated carbocycles. The fourth-order valence-corrected chi connectivity index (χ4v) is 11.8. The quantitative estimate of drug-likeness (QED) is 0.0815. The summed E-state index contributed by atoms with van der Waals surface area (Å²) < 4.78 is 14.8. The third kappa shape index (κ3) is 16.2. The smallest absolute Gasteiger partial charge is 0.398 e. The van der Waals surface area contributed by atoms with E-state index in [1.54, 1.807) is 0 Å². The number of fused-ring (bicyclic) bond motifs is 6. The van der Waals surface area contributed by atoms with Crippen molar-refractivity contribution in [1.29, 1.82) is 0 Å². The molecule has 3 aliphatic heterocycles. The Bertz CT molecular complexity index is 4340. The van der Waals surface area contributed by atoms with Crippen LogP contribution < -0.4 is 26.9 Å². The number of aromatic amines is 2. The number of benzene rings is 4. The number of hydrogen-bond acceptors (Lipinski definition) is 14. The molecule has 3 aliphatic rings. The minimum atomic E-state index is -0.441. The summed E-state index contributed by atoms with van der Waals surface area (Å²) in [5, 5.41) is 13.6. The highest BCUT2D eigenvalue weighted by Gasteiger charge is 2.52. The third-order valence-electron chi connectivity index (χ3n) is 15.3. The molecular formula is C67H76BBr3Cl2N14O4. The number of nitrogens with zero attached hydrogens (tertiary/aromatic N) is 8. The lowest BCUT2D eigenvalue weighted by atomic mass is 9.85. The van der Waals surface area contributed by atoms with Crippen molar-refractivity contribution in [3.05, 3.63) is 154 Å². The molecule has 2 amide bonds. The second kappa shape index (κ2) is 28.3. The van der Waals surface area contributed by atoms with E-state index in [2.05, 4.69) is 159 Å².